The average Bonchev–Trinajstić information content (AvgIpc) is 2.37. The lowest BCUT2D eigenvalue weighted by atomic mass is 9.85. The van der Waals surface area contributed by atoms with E-state index in [4.69, 9.17) is 4.74 Å². The van der Waals surface area contributed by atoms with Crippen LogP contribution in [0.25, 0.3) is 0 Å². The van der Waals surface area contributed by atoms with E-state index in [0.717, 1.165) is 24.0 Å². The van der Waals surface area contributed by atoms with Gasteiger partial charge in [0.05, 0.1) is 0 Å². The van der Waals surface area contributed by atoms with Crippen LogP contribution in [0.2, 0.25) is 0 Å². The van der Waals surface area contributed by atoms with Gasteiger partial charge in [0.15, 0.2) is 0 Å². The Morgan fingerprint density at radius 3 is 2.80 bits per heavy atom. The highest BCUT2D eigenvalue weighted by Gasteiger charge is 2.22. The maximum absolute atomic E-state index is 6.09. The Morgan fingerprint density at radius 2 is 2.10 bits per heavy atom. The summed E-state index contributed by atoms with van der Waals surface area (Å²) in [5.74, 6) is 2.46. The van der Waals surface area contributed by atoms with Crippen LogP contribution in [0.1, 0.15) is 59.8 Å². The van der Waals surface area contributed by atoms with Crippen molar-refractivity contribution in [1.82, 2.24) is 4.98 Å². The molecule has 1 saturated carbocycles. The molecule has 0 spiro atoms. The van der Waals surface area contributed by atoms with E-state index in [1.165, 1.54) is 25.7 Å². The van der Waals surface area contributed by atoms with Gasteiger partial charge in [-0.1, -0.05) is 25.8 Å². The minimum atomic E-state index is 0.0176. The zero-order chi connectivity index (χ0) is 14.6. The first-order chi connectivity index (χ1) is 9.46. The summed E-state index contributed by atoms with van der Waals surface area (Å²) in [4.78, 5) is 4.57. The van der Waals surface area contributed by atoms with Crippen molar-refractivity contribution in [3.63, 3.8) is 0 Å². The summed E-state index contributed by atoms with van der Waals surface area (Å²) in [6, 6.07) is 5.97. The van der Waals surface area contributed by atoms with Crippen molar-refractivity contribution in [2.24, 2.45) is 5.92 Å². The van der Waals surface area contributed by atoms with Gasteiger partial charge in [-0.25, -0.2) is 0 Å². The molecule has 0 bridgehead atoms. The van der Waals surface area contributed by atoms with Crippen LogP contribution >= 0.6 is 0 Å². The third-order valence-electron chi connectivity index (χ3n) is 3.83. The molecule has 1 aliphatic rings. The van der Waals surface area contributed by atoms with Crippen molar-refractivity contribution in [3.8, 4) is 5.88 Å². The normalized spacial score (nSPS) is 23.4. The maximum atomic E-state index is 6.09. The summed E-state index contributed by atoms with van der Waals surface area (Å²) in [5.41, 5.74) is 0.0176. The van der Waals surface area contributed by atoms with Crippen LogP contribution in [0.15, 0.2) is 18.2 Å². The molecule has 1 aromatic rings. The SMILES string of the molecule is CCC1CCCC(Oc2cccc(NC(C)(C)C)n2)C1. The molecular weight excluding hydrogens is 248 g/mol. The fourth-order valence-electron chi connectivity index (χ4n) is 2.82. The first-order valence-electron chi connectivity index (χ1n) is 7.88. The quantitative estimate of drug-likeness (QED) is 0.870. The molecule has 2 rings (SSSR count). The second kappa shape index (κ2) is 6.47. The van der Waals surface area contributed by atoms with E-state index in [9.17, 15) is 0 Å². The van der Waals surface area contributed by atoms with Gasteiger partial charge in [-0.3, -0.25) is 0 Å². The highest BCUT2D eigenvalue weighted by molar-refractivity contribution is 5.39. The Bertz CT molecular complexity index is 425. The van der Waals surface area contributed by atoms with Crippen LogP contribution in [0, 0.1) is 5.92 Å². The van der Waals surface area contributed by atoms with Crippen molar-refractivity contribution in [2.45, 2.75) is 71.4 Å². The largest absolute Gasteiger partial charge is 0.474 e. The van der Waals surface area contributed by atoms with Crippen molar-refractivity contribution in [1.29, 1.82) is 0 Å². The number of pyridine rings is 1. The Morgan fingerprint density at radius 1 is 1.30 bits per heavy atom. The number of ether oxygens (including phenoxy) is 1. The molecule has 1 fully saturated rings. The Kier molecular flexibility index (Phi) is 4.90. The van der Waals surface area contributed by atoms with Crippen LogP contribution in [-0.2, 0) is 0 Å². The van der Waals surface area contributed by atoms with E-state index < -0.39 is 0 Å². The molecule has 1 aliphatic carbocycles. The fourth-order valence-corrected chi connectivity index (χ4v) is 2.82. The number of hydrogen-bond acceptors (Lipinski definition) is 3. The number of nitrogens with one attached hydrogen (secondary N) is 1. The highest BCUT2D eigenvalue weighted by atomic mass is 16.5. The Hall–Kier alpha value is -1.25. The summed E-state index contributed by atoms with van der Waals surface area (Å²) in [5, 5.41) is 3.39. The lowest BCUT2D eigenvalue weighted by Crippen LogP contribution is -2.27. The monoisotopic (exact) mass is 276 g/mol. The second-order valence-electron chi connectivity index (χ2n) is 6.92. The van der Waals surface area contributed by atoms with Gasteiger partial charge in [-0.2, -0.15) is 4.98 Å². The van der Waals surface area contributed by atoms with E-state index in [2.05, 4.69) is 38.0 Å². The number of hydrogen-bond donors (Lipinski definition) is 1. The number of anilines is 1. The second-order valence-corrected chi connectivity index (χ2v) is 6.92. The first-order valence-corrected chi connectivity index (χ1v) is 7.88. The Labute approximate surface area is 123 Å². The highest BCUT2D eigenvalue weighted by Crippen LogP contribution is 2.29. The average molecular weight is 276 g/mol. The van der Waals surface area contributed by atoms with Crippen molar-refractivity contribution in [2.75, 3.05) is 5.32 Å². The summed E-state index contributed by atoms with van der Waals surface area (Å²) < 4.78 is 6.09. The molecule has 0 aromatic carbocycles. The van der Waals surface area contributed by atoms with Crippen molar-refractivity contribution >= 4 is 5.82 Å². The van der Waals surface area contributed by atoms with Crippen molar-refractivity contribution < 1.29 is 4.74 Å². The lowest BCUT2D eigenvalue weighted by molar-refractivity contribution is 0.117. The topological polar surface area (TPSA) is 34.1 Å². The number of nitrogens with zero attached hydrogens (tertiary/aromatic N) is 1. The van der Waals surface area contributed by atoms with Gasteiger partial charge in [0.1, 0.15) is 11.9 Å². The third kappa shape index (κ3) is 4.69. The molecule has 0 saturated heterocycles. The molecule has 2 atom stereocenters. The lowest BCUT2D eigenvalue weighted by Gasteiger charge is -2.28. The molecule has 0 amide bonds. The van der Waals surface area contributed by atoms with Gasteiger partial charge < -0.3 is 10.1 Å². The summed E-state index contributed by atoms with van der Waals surface area (Å²) in [6.45, 7) is 8.68. The molecule has 20 heavy (non-hydrogen) atoms. The van der Waals surface area contributed by atoms with E-state index in [1.807, 2.05) is 18.2 Å². The number of rotatable bonds is 4. The summed E-state index contributed by atoms with van der Waals surface area (Å²) >= 11 is 0. The molecule has 0 radical (unpaired) electrons. The Balaban J connectivity index is 1.97. The molecule has 112 valence electrons. The van der Waals surface area contributed by atoms with Crippen molar-refractivity contribution in [3.05, 3.63) is 18.2 Å². The third-order valence-corrected chi connectivity index (χ3v) is 3.83. The van der Waals surface area contributed by atoms with Gasteiger partial charge in [0.25, 0.3) is 0 Å². The van der Waals surface area contributed by atoms with E-state index in [1.54, 1.807) is 0 Å². The molecule has 2 unspecified atom stereocenters. The van der Waals surface area contributed by atoms with Crippen LogP contribution in [0.3, 0.4) is 0 Å². The minimum Gasteiger partial charge on any atom is -0.474 e. The fraction of sp³-hybridized carbons (Fsp3) is 0.706. The molecule has 1 aromatic heterocycles. The van der Waals surface area contributed by atoms with Crippen LogP contribution < -0.4 is 10.1 Å². The molecular formula is C17H28N2O. The zero-order valence-corrected chi connectivity index (χ0v) is 13.3. The van der Waals surface area contributed by atoms with Crippen LogP contribution in [0.5, 0.6) is 5.88 Å². The van der Waals surface area contributed by atoms with Gasteiger partial charge in [0, 0.05) is 11.6 Å². The predicted molar refractivity (Wildman–Crippen MR) is 84.3 cm³/mol. The number of aromatic nitrogens is 1. The zero-order valence-electron chi connectivity index (χ0n) is 13.3. The van der Waals surface area contributed by atoms with E-state index in [-0.39, 0.29) is 5.54 Å². The summed E-state index contributed by atoms with van der Waals surface area (Å²) in [6.07, 6.45) is 6.58. The molecule has 1 N–H and O–H groups in total. The molecule has 3 nitrogen and oxygen atoms in total. The van der Waals surface area contributed by atoms with Crippen LogP contribution in [0.4, 0.5) is 5.82 Å². The molecule has 1 heterocycles. The maximum Gasteiger partial charge on any atom is 0.215 e. The molecule has 0 aliphatic heterocycles. The van der Waals surface area contributed by atoms with Gasteiger partial charge >= 0.3 is 0 Å². The van der Waals surface area contributed by atoms with E-state index >= 15 is 0 Å². The smallest absolute Gasteiger partial charge is 0.215 e. The first kappa shape index (κ1) is 15.1. The van der Waals surface area contributed by atoms with Crippen LogP contribution in [-0.4, -0.2) is 16.6 Å². The predicted octanol–water partition coefficient (Wildman–Crippen LogP) is 4.64. The minimum absolute atomic E-state index is 0.0176. The molecule has 3 heteroatoms. The van der Waals surface area contributed by atoms with Gasteiger partial charge in [-0.05, 0) is 52.0 Å². The summed E-state index contributed by atoms with van der Waals surface area (Å²) in [7, 11) is 0. The van der Waals surface area contributed by atoms with Gasteiger partial charge in [-0.15, -0.1) is 0 Å². The van der Waals surface area contributed by atoms with Gasteiger partial charge in [0.2, 0.25) is 5.88 Å². The standard InChI is InChI=1S/C17H28N2O/c1-5-13-8-6-9-14(12-13)20-16-11-7-10-15(18-16)19-17(2,3)4/h7,10-11,13-14H,5-6,8-9,12H2,1-4H3,(H,18,19). The van der Waals surface area contributed by atoms with E-state index in [0.29, 0.717) is 6.10 Å².